The quantitative estimate of drug-likeness (QED) is 0.920. The highest BCUT2D eigenvalue weighted by Crippen LogP contribution is 2.14. The highest BCUT2D eigenvalue weighted by atomic mass is 16.1. The minimum atomic E-state index is 0.0325. The molecule has 118 valence electrons. The van der Waals surface area contributed by atoms with Crippen molar-refractivity contribution in [2.45, 2.75) is 40.5 Å². The van der Waals surface area contributed by atoms with Gasteiger partial charge in [0.15, 0.2) is 0 Å². The number of rotatable bonds is 4. The average Bonchev–Trinajstić information content (AvgIpc) is 2.50. The van der Waals surface area contributed by atoms with Crippen LogP contribution in [0.1, 0.15) is 49.5 Å². The van der Waals surface area contributed by atoms with Gasteiger partial charge in [-0.2, -0.15) is 0 Å². The van der Waals surface area contributed by atoms with E-state index in [1.54, 1.807) is 0 Å². The summed E-state index contributed by atoms with van der Waals surface area (Å²) in [6.07, 6.45) is 2.62. The Bertz CT molecular complexity index is 414. The summed E-state index contributed by atoms with van der Waals surface area (Å²) >= 11 is 0. The Morgan fingerprint density at radius 3 is 2.57 bits per heavy atom. The molecule has 0 radical (unpaired) electrons. The van der Waals surface area contributed by atoms with E-state index in [1.807, 2.05) is 45.0 Å². The van der Waals surface area contributed by atoms with E-state index >= 15 is 0 Å². The summed E-state index contributed by atoms with van der Waals surface area (Å²) in [4.78, 5) is 14.4. The van der Waals surface area contributed by atoms with Crippen LogP contribution >= 0.6 is 0 Å². The second-order valence-electron chi connectivity index (χ2n) is 5.67. The number of aryl methyl sites for hydroxylation is 1. The lowest BCUT2D eigenvalue weighted by molar-refractivity contribution is 0.0944. The third kappa shape index (κ3) is 6.30. The summed E-state index contributed by atoms with van der Waals surface area (Å²) in [7, 11) is 0. The number of carbonyl (C=O) groups excluding carboxylic acids is 1. The Morgan fingerprint density at radius 1 is 1.29 bits per heavy atom. The van der Waals surface area contributed by atoms with E-state index in [0.29, 0.717) is 0 Å². The summed E-state index contributed by atoms with van der Waals surface area (Å²) in [5, 5.41) is 3.00. The summed E-state index contributed by atoms with van der Waals surface area (Å²) in [6.45, 7) is 12.4. The summed E-state index contributed by atoms with van der Waals surface area (Å²) in [5.41, 5.74) is 1.93. The second-order valence-corrected chi connectivity index (χ2v) is 5.67. The molecule has 1 aromatic carbocycles. The first-order valence-electron chi connectivity index (χ1n) is 8.22. The molecule has 1 fully saturated rings. The van der Waals surface area contributed by atoms with E-state index in [9.17, 15) is 4.79 Å². The molecule has 0 spiro atoms. The molecule has 1 amide bonds. The van der Waals surface area contributed by atoms with Crippen molar-refractivity contribution in [2.75, 3.05) is 26.2 Å². The molecule has 1 aliphatic rings. The van der Waals surface area contributed by atoms with Crippen molar-refractivity contribution >= 4 is 5.91 Å². The van der Waals surface area contributed by atoms with E-state index in [-0.39, 0.29) is 5.91 Å². The first-order valence-corrected chi connectivity index (χ1v) is 8.22. The molecular weight excluding hydrogens is 260 g/mol. The van der Waals surface area contributed by atoms with Crippen molar-refractivity contribution in [3.8, 4) is 0 Å². The van der Waals surface area contributed by atoms with Gasteiger partial charge in [-0.1, -0.05) is 38.5 Å². The van der Waals surface area contributed by atoms with Crippen LogP contribution in [-0.4, -0.2) is 37.0 Å². The summed E-state index contributed by atoms with van der Waals surface area (Å²) in [6, 6.07) is 7.71. The van der Waals surface area contributed by atoms with Crippen LogP contribution in [0.15, 0.2) is 24.3 Å². The lowest BCUT2D eigenvalue weighted by Crippen LogP contribution is -2.40. The van der Waals surface area contributed by atoms with Gasteiger partial charge < -0.3 is 10.2 Å². The molecule has 0 aromatic heterocycles. The lowest BCUT2D eigenvalue weighted by atomic mass is 10.0. The minimum absolute atomic E-state index is 0.0325. The number of amides is 1. The Balaban J connectivity index is 0.00000106. The van der Waals surface area contributed by atoms with Gasteiger partial charge in [-0.05, 0) is 44.4 Å². The van der Waals surface area contributed by atoms with Crippen molar-refractivity contribution in [3.63, 3.8) is 0 Å². The topological polar surface area (TPSA) is 32.3 Å². The van der Waals surface area contributed by atoms with Crippen molar-refractivity contribution in [2.24, 2.45) is 5.92 Å². The molecule has 1 aromatic rings. The van der Waals surface area contributed by atoms with Crippen molar-refractivity contribution in [1.29, 1.82) is 0 Å². The predicted molar refractivity (Wildman–Crippen MR) is 89.7 cm³/mol. The number of carbonyl (C=O) groups is 1. The van der Waals surface area contributed by atoms with E-state index in [4.69, 9.17) is 0 Å². The van der Waals surface area contributed by atoms with Gasteiger partial charge in [0.2, 0.25) is 0 Å². The molecular formula is C18H30N2O. The van der Waals surface area contributed by atoms with E-state index in [2.05, 4.69) is 17.1 Å². The minimum Gasteiger partial charge on any atom is -0.351 e. The standard InChI is InChI=1S/C16H24N2O.C2H6/c1-13-5-7-15(8-6-13)16(19)17-9-11-18-10-3-4-14(2)12-18;1-2/h5-8,14H,3-4,9-12H2,1-2H3,(H,17,19);1-2H3. The van der Waals surface area contributed by atoms with Crippen LogP contribution < -0.4 is 5.32 Å². The van der Waals surface area contributed by atoms with Gasteiger partial charge in [0.25, 0.3) is 5.91 Å². The van der Waals surface area contributed by atoms with Gasteiger partial charge >= 0.3 is 0 Å². The van der Waals surface area contributed by atoms with E-state index < -0.39 is 0 Å². The predicted octanol–water partition coefficient (Wildman–Crippen LogP) is 3.48. The molecule has 0 saturated carbocycles. The SMILES string of the molecule is CC.Cc1ccc(C(=O)NCCN2CCCC(C)C2)cc1. The molecule has 1 saturated heterocycles. The molecule has 1 unspecified atom stereocenters. The van der Waals surface area contributed by atoms with Gasteiger partial charge in [0.05, 0.1) is 0 Å². The number of hydrogen-bond donors (Lipinski definition) is 1. The van der Waals surface area contributed by atoms with Crippen molar-refractivity contribution < 1.29 is 4.79 Å². The van der Waals surface area contributed by atoms with Crippen LogP contribution in [0.4, 0.5) is 0 Å². The van der Waals surface area contributed by atoms with E-state index in [1.165, 1.54) is 31.5 Å². The van der Waals surface area contributed by atoms with Crippen LogP contribution in [0.5, 0.6) is 0 Å². The largest absolute Gasteiger partial charge is 0.351 e. The number of likely N-dealkylation sites (tertiary alicyclic amines) is 1. The van der Waals surface area contributed by atoms with Crippen LogP contribution in [0.3, 0.4) is 0 Å². The molecule has 0 bridgehead atoms. The zero-order valence-electron chi connectivity index (χ0n) is 14.0. The third-order valence-electron chi connectivity index (χ3n) is 3.77. The Kier molecular flexibility index (Phi) is 8.06. The number of hydrogen-bond acceptors (Lipinski definition) is 2. The maximum atomic E-state index is 11.9. The maximum Gasteiger partial charge on any atom is 0.251 e. The van der Waals surface area contributed by atoms with Gasteiger partial charge in [0, 0.05) is 25.2 Å². The van der Waals surface area contributed by atoms with Crippen molar-refractivity contribution in [3.05, 3.63) is 35.4 Å². The Hall–Kier alpha value is -1.35. The molecule has 1 heterocycles. The molecule has 21 heavy (non-hydrogen) atoms. The zero-order chi connectivity index (χ0) is 15.7. The Morgan fingerprint density at radius 2 is 1.95 bits per heavy atom. The Labute approximate surface area is 129 Å². The number of nitrogens with zero attached hydrogens (tertiary/aromatic N) is 1. The fourth-order valence-corrected chi connectivity index (χ4v) is 2.62. The highest BCUT2D eigenvalue weighted by Gasteiger charge is 2.15. The fourth-order valence-electron chi connectivity index (χ4n) is 2.62. The maximum absolute atomic E-state index is 11.9. The number of piperidine rings is 1. The van der Waals surface area contributed by atoms with E-state index in [0.717, 1.165) is 24.6 Å². The van der Waals surface area contributed by atoms with Crippen molar-refractivity contribution in [1.82, 2.24) is 10.2 Å². The van der Waals surface area contributed by atoms with Gasteiger partial charge in [-0.15, -0.1) is 0 Å². The molecule has 0 aliphatic carbocycles. The fraction of sp³-hybridized carbons (Fsp3) is 0.611. The molecule has 1 aliphatic heterocycles. The summed E-state index contributed by atoms with van der Waals surface area (Å²) < 4.78 is 0. The molecule has 1 atom stereocenters. The highest BCUT2D eigenvalue weighted by molar-refractivity contribution is 5.94. The normalized spacial score (nSPS) is 18.6. The third-order valence-corrected chi connectivity index (χ3v) is 3.77. The number of benzene rings is 1. The smallest absolute Gasteiger partial charge is 0.251 e. The monoisotopic (exact) mass is 290 g/mol. The molecule has 2 rings (SSSR count). The molecule has 3 heteroatoms. The lowest BCUT2D eigenvalue weighted by Gasteiger charge is -2.30. The zero-order valence-corrected chi connectivity index (χ0v) is 14.0. The number of nitrogens with one attached hydrogen (secondary N) is 1. The second kappa shape index (κ2) is 9.56. The van der Waals surface area contributed by atoms with Crippen LogP contribution in [0, 0.1) is 12.8 Å². The van der Waals surface area contributed by atoms with Gasteiger partial charge in [0.1, 0.15) is 0 Å². The average molecular weight is 290 g/mol. The van der Waals surface area contributed by atoms with Crippen LogP contribution in [0.2, 0.25) is 0 Å². The van der Waals surface area contributed by atoms with Crippen LogP contribution in [-0.2, 0) is 0 Å². The van der Waals surface area contributed by atoms with Gasteiger partial charge in [-0.25, -0.2) is 0 Å². The molecule has 3 nitrogen and oxygen atoms in total. The molecule has 1 N–H and O–H groups in total. The first-order chi connectivity index (χ1) is 10.1. The van der Waals surface area contributed by atoms with Crippen LogP contribution in [0.25, 0.3) is 0 Å². The first kappa shape index (κ1) is 17.7. The summed E-state index contributed by atoms with van der Waals surface area (Å²) in [5.74, 6) is 0.826. The van der Waals surface area contributed by atoms with Gasteiger partial charge in [-0.3, -0.25) is 4.79 Å².